The van der Waals surface area contributed by atoms with Gasteiger partial charge in [0.2, 0.25) is 3.79 Å². The number of alkyl halides is 3. The van der Waals surface area contributed by atoms with Gasteiger partial charge in [-0.1, -0.05) is 64.6 Å². The van der Waals surface area contributed by atoms with Crippen LogP contribution in [0.15, 0.2) is 24.3 Å². The molecule has 11 heteroatoms. The van der Waals surface area contributed by atoms with Crippen LogP contribution in [0.3, 0.4) is 0 Å². The molecule has 0 unspecified atom stereocenters. The molecule has 0 aliphatic carbocycles. The Morgan fingerprint density at radius 2 is 1.73 bits per heavy atom. The number of hydrogen-bond donors (Lipinski definition) is 0. The minimum Gasteiger partial charge on any atom is -0.467 e. The summed E-state index contributed by atoms with van der Waals surface area (Å²) in [5.41, 5.74) is 1.13. The van der Waals surface area contributed by atoms with Crippen LogP contribution in [0.25, 0.3) is 0 Å². The normalized spacial score (nSPS) is 18.6. The fourth-order valence-corrected chi connectivity index (χ4v) is 3.54. The van der Waals surface area contributed by atoms with E-state index in [1.165, 1.54) is 16.9 Å². The number of aryl methyl sites for hydroxylation is 1. The van der Waals surface area contributed by atoms with Crippen LogP contribution in [-0.4, -0.2) is 69.7 Å². The van der Waals surface area contributed by atoms with Crippen LogP contribution >= 0.6 is 34.8 Å². The van der Waals surface area contributed by atoms with Gasteiger partial charge in [-0.2, -0.15) is 0 Å². The van der Waals surface area contributed by atoms with E-state index in [0.29, 0.717) is 0 Å². The van der Waals surface area contributed by atoms with Gasteiger partial charge in [-0.15, -0.1) is 0 Å². The van der Waals surface area contributed by atoms with Gasteiger partial charge in [-0.3, -0.25) is 9.80 Å². The van der Waals surface area contributed by atoms with Gasteiger partial charge in [-0.05, 0) is 33.3 Å². The lowest BCUT2D eigenvalue weighted by Gasteiger charge is -2.29. The van der Waals surface area contributed by atoms with Crippen LogP contribution in [0, 0.1) is 6.92 Å². The fourth-order valence-electron chi connectivity index (χ4n) is 3.38. The standard InChI is InChI=1S/C22H29Cl3N2O6/c1-14-6-8-15(9-7-14)11-26(19(29)32-13-22(23,24)25)16-10-17(18(28)31-5)27(12-16)20(30)33-21(2,3)4/h6-9,16-17H,10-13H2,1-5H3/t16-,17-/m0/s1. The molecular weight excluding hydrogens is 495 g/mol. The number of rotatable bonds is 5. The second-order valence-electron chi connectivity index (χ2n) is 8.84. The summed E-state index contributed by atoms with van der Waals surface area (Å²) in [4.78, 5) is 40.9. The van der Waals surface area contributed by atoms with Crippen molar-refractivity contribution in [2.24, 2.45) is 0 Å². The molecule has 1 saturated heterocycles. The van der Waals surface area contributed by atoms with E-state index in [-0.39, 0.29) is 19.5 Å². The van der Waals surface area contributed by atoms with Gasteiger partial charge >= 0.3 is 18.2 Å². The fraction of sp³-hybridized carbons (Fsp3) is 0.591. The van der Waals surface area contributed by atoms with Crippen LogP contribution in [0.4, 0.5) is 9.59 Å². The molecule has 0 aromatic heterocycles. The molecule has 0 spiro atoms. The third-order valence-corrected chi connectivity index (χ3v) is 5.22. The molecule has 33 heavy (non-hydrogen) atoms. The van der Waals surface area contributed by atoms with Gasteiger partial charge in [0.15, 0.2) is 0 Å². The Morgan fingerprint density at radius 3 is 2.24 bits per heavy atom. The number of amides is 2. The summed E-state index contributed by atoms with van der Waals surface area (Å²) >= 11 is 17.2. The predicted octanol–water partition coefficient (Wildman–Crippen LogP) is 4.85. The number of benzene rings is 1. The van der Waals surface area contributed by atoms with Gasteiger partial charge in [0.1, 0.15) is 18.2 Å². The number of methoxy groups -OCH3 is 1. The third-order valence-electron chi connectivity index (χ3n) is 4.89. The van der Waals surface area contributed by atoms with Crippen molar-refractivity contribution >= 4 is 53.0 Å². The summed E-state index contributed by atoms with van der Waals surface area (Å²) < 4.78 is 13.8. The maximum atomic E-state index is 13.0. The lowest BCUT2D eigenvalue weighted by Crippen LogP contribution is -2.45. The number of nitrogens with zero attached hydrogens (tertiary/aromatic N) is 2. The Bertz CT molecular complexity index is 851. The average Bonchev–Trinajstić information content (AvgIpc) is 3.14. The molecule has 1 aromatic carbocycles. The molecule has 1 aliphatic rings. The molecule has 0 bridgehead atoms. The molecule has 2 rings (SSSR count). The van der Waals surface area contributed by atoms with E-state index in [1.807, 2.05) is 31.2 Å². The van der Waals surface area contributed by atoms with Crippen LogP contribution in [-0.2, 0) is 25.5 Å². The van der Waals surface area contributed by atoms with Crippen molar-refractivity contribution in [3.8, 4) is 0 Å². The van der Waals surface area contributed by atoms with E-state index in [4.69, 9.17) is 49.0 Å². The summed E-state index contributed by atoms with van der Waals surface area (Å²) in [6.07, 6.45) is -1.27. The van der Waals surface area contributed by atoms with Crippen LogP contribution in [0.5, 0.6) is 0 Å². The maximum absolute atomic E-state index is 13.0. The number of likely N-dealkylation sites (tertiary alicyclic amines) is 1. The molecule has 8 nitrogen and oxygen atoms in total. The number of carbonyl (C=O) groups is 3. The molecule has 0 N–H and O–H groups in total. The Kier molecular flexibility index (Phi) is 9.13. The Morgan fingerprint density at radius 1 is 1.12 bits per heavy atom. The molecule has 1 fully saturated rings. The molecule has 1 aromatic rings. The molecule has 1 heterocycles. The number of esters is 1. The van der Waals surface area contributed by atoms with Gasteiger partial charge in [0, 0.05) is 19.5 Å². The second kappa shape index (κ2) is 11.0. The quantitative estimate of drug-likeness (QED) is 0.311. The first-order valence-corrected chi connectivity index (χ1v) is 11.5. The molecule has 2 atom stereocenters. The maximum Gasteiger partial charge on any atom is 0.411 e. The first kappa shape index (κ1) is 27.3. The van der Waals surface area contributed by atoms with Gasteiger partial charge < -0.3 is 14.2 Å². The summed E-state index contributed by atoms with van der Waals surface area (Å²) in [5.74, 6) is -0.603. The van der Waals surface area contributed by atoms with Crippen molar-refractivity contribution in [2.45, 2.75) is 62.1 Å². The highest BCUT2D eigenvalue weighted by Gasteiger charge is 2.45. The summed E-state index contributed by atoms with van der Waals surface area (Å²) in [7, 11) is 1.24. The van der Waals surface area contributed by atoms with Crippen LogP contribution < -0.4 is 0 Å². The van der Waals surface area contributed by atoms with Gasteiger partial charge in [-0.25, -0.2) is 14.4 Å². The Labute approximate surface area is 209 Å². The van der Waals surface area contributed by atoms with Gasteiger partial charge in [0.25, 0.3) is 0 Å². The second-order valence-corrected chi connectivity index (χ2v) is 11.4. The smallest absolute Gasteiger partial charge is 0.411 e. The van der Waals surface area contributed by atoms with Crippen LogP contribution in [0.2, 0.25) is 0 Å². The summed E-state index contributed by atoms with van der Waals surface area (Å²) in [5, 5.41) is 0. The zero-order valence-corrected chi connectivity index (χ0v) is 21.5. The highest BCUT2D eigenvalue weighted by Crippen LogP contribution is 2.29. The van der Waals surface area contributed by atoms with E-state index >= 15 is 0 Å². The molecular formula is C22H29Cl3N2O6. The number of carbonyl (C=O) groups excluding carboxylic acids is 3. The highest BCUT2D eigenvalue weighted by atomic mass is 35.6. The first-order valence-electron chi connectivity index (χ1n) is 10.3. The first-order chi connectivity index (χ1) is 15.2. The molecule has 184 valence electrons. The minimum absolute atomic E-state index is 0.0450. The Hall–Kier alpha value is -1.90. The third kappa shape index (κ3) is 8.43. The lowest BCUT2D eigenvalue weighted by atomic mass is 10.1. The lowest BCUT2D eigenvalue weighted by molar-refractivity contribution is -0.145. The summed E-state index contributed by atoms with van der Waals surface area (Å²) in [6, 6.07) is 6.10. The SMILES string of the molecule is COC(=O)[C@@H]1C[C@H](N(Cc2ccc(C)cc2)C(=O)OCC(Cl)(Cl)Cl)CN1C(=O)OC(C)(C)C. The zero-order valence-electron chi connectivity index (χ0n) is 19.3. The molecule has 0 radical (unpaired) electrons. The van der Waals surface area contributed by atoms with E-state index in [9.17, 15) is 14.4 Å². The van der Waals surface area contributed by atoms with E-state index < -0.39 is 46.2 Å². The van der Waals surface area contributed by atoms with Crippen molar-refractivity contribution in [1.29, 1.82) is 0 Å². The van der Waals surface area contributed by atoms with Crippen molar-refractivity contribution < 1.29 is 28.6 Å². The largest absolute Gasteiger partial charge is 0.467 e. The minimum atomic E-state index is -1.78. The van der Waals surface area contributed by atoms with E-state index in [2.05, 4.69) is 0 Å². The van der Waals surface area contributed by atoms with E-state index in [1.54, 1.807) is 20.8 Å². The van der Waals surface area contributed by atoms with Crippen molar-refractivity contribution in [2.75, 3.05) is 20.3 Å². The Balaban J connectivity index is 2.31. The predicted molar refractivity (Wildman–Crippen MR) is 126 cm³/mol. The molecule has 1 aliphatic heterocycles. The monoisotopic (exact) mass is 522 g/mol. The van der Waals surface area contributed by atoms with Crippen molar-refractivity contribution in [3.05, 3.63) is 35.4 Å². The zero-order chi connectivity index (χ0) is 25.0. The number of ether oxygens (including phenoxy) is 3. The average molecular weight is 524 g/mol. The highest BCUT2D eigenvalue weighted by molar-refractivity contribution is 6.67. The van der Waals surface area contributed by atoms with Gasteiger partial charge in [0.05, 0.1) is 13.2 Å². The van der Waals surface area contributed by atoms with Crippen molar-refractivity contribution in [3.63, 3.8) is 0 Å². The molecule has 0 saturated carbocycles. The van der Waals surface area contributed by atoms with E-state index in [0.717, 1.165) is 11.1 Å². The van der Waals surface area contributed by atoms with Crippen LogP contribution in [0.1, 0.15) is 38.3 Å². The topological polar surface area (TPSA) is 85.4 Å². The summed E-state index contributed by atoms with van der Waals surface area (Å²) in [6.45, 7) is 6.89. The number of hydrogen-bond acceptors (Lipinski definition) is 6. The van der Waals surface area contributed by atoms with Crippen molar-refractivity contribution in [1.82, 2.24) is 9.80 Å². The number of halogens is 3. The molecule has 2 amide bonds.